The van der Waals surface area contributed by atoms with Gasteiger partial charge in [-0.2, -0.15) is 0 Å². The summed E-state index contributed by atoms with van der Waals surface area (Å²) in [5.74, 6) is -3.06. The van der Waals surface area contributed by atoms with Gasteiger partial charge in [-0.1, -0.05) is 12.2 Å². The summed E-state index contributed by atoms with van der Waals surface area (Å²) in [6, 6.07) is 0. The standard InChI is InChI=1S/C5H7BF3O2/c1-11-5(10)3-2-4(3)6(7,8)9/h3-4H,2H2,1H3/q-1/t3-,4-/m1/s1. The summed E-state index contributed by atoms with van der Waals surface area (Å²) in [5.41, 5.74) is 0. The second-order valence-corrected chi connectivity index (χ2v) is 2.65. The van der Waals surface area contributed by atoms with Gasteiger partial charge in [0.15, 0.2) is 0 Å². The van der Waals surface area contributed by atoms with E-state index >= 15 is 0 Å². The van der Waals surface area contributed by atoms with Crippen molar-refractivity contribution in [1.29, 1.82) is 0 Å². The van der Waals surface area contributed by atoms with Crippen LogP contribution in [0.1, 0.15) is 6.42 Å². The zero-order valence-electron chi connectivity index (χ0n) is 5.89. The molecule has 1 aliphatic carbocycles. The third-order valence-corrected chi connectivity index (χ3v) is 1.83. The van der Waals surface area contributed by atoms with Gasteiger partial charge in [0.25, 0.3) is 0 Å². The molecule has 0 aromatic heterocycles. The van der Waals surface area contributed by atoms with Crippen molar-refractivity contribution in [2.45, 2.75) is 12.2 Å². The van der Waals surface area contributed by atoms with E-state index in [0.29, 0.717) is 0 Å². The second-order valence-electron chi connectivity index (χ2n) is 2.65. The Labute approximate surface area is 61.8 Å². The molecule has 6 heteroatoms. The number of rotatable bonds is 2. The molecule has 1 aliphatic rings. The average Bonchev–Trinajstić information content (AvgIpc) is 2.62. The first kappa shape index (κ1) is 8.42. The van der Waals surface area contributed by atoms with Crippen molar-refractivity contribution in [3.05, 3.63) is 0 Å². The highest BCUT2D eigenvalue weighted by atomic mass is 19.4. The highest BCUT2D eigenvalue weighted by Gasteiger charge is 2.54. The Bertz CT molecular complexity index is 179. The maximum atomic E-state index is 11.8. The molecular formula is C5H7BF3O2-. The van der Waals surface area contributed by atoms with Crippen molar-refractivity contribution in [2.75, 3.05) is 7.11 Å². The number of methoxy groups -OCH3 is 1. The van der Waals surface area contributed by atoms with E-state index < -0.39 is 24.7 Å². The largest absolute Gasteiger partial charge is 0.482 e. The molecule has 0 aromatic rings. The van der Waals surface area contributed by atoms with Gasteiger partial charge in [0.2, 0.25) is 0 Å². The Morgan fingerprint density at radius 3 is 2.36 bits per heavy atom. The molecule has 0 bridgehead atoms. The van der Waals surface area contributed by atoms with E-state index in [9.17, 15) is 17.7 Å². The Morgan fingerprint density at radius 2 is 2.09 bits per heavy atom. The fourth-order valence-corrected chi connectivity index (χ4v) is 1.05. The lowest BCUT2D eigenvalue weighted by Crippen LogP contribution is -2.18. The van der Waals surface area contributed by atoms with Crippen molar-refractivity contribution >= 4 is 12.9 Å². The van der Waals surface area contributed by atoms with Gasteiger partial charge in [-0.25, -0.2) is 0 Å². The van der Waals surface area contributed by atoms with Crippen molar-refractivity contribution < 1.29 is 22.5 Å². The monoisotopic (exact) mass is 167 g/mol. The van der Waals surface area contributed by atoms with E-state index in [0.717, 1.165) is 7.11 Å². The van der Waals surface area contributed by atoms with E-state index in [1.165, 1.54) is 0 Å². The van der Waals surface area contributed by atoms with Crippen LogP contribution < -0.4 is 0 Å². The van der Waals surface area contributed by atoms with Gasteiger partial charge >= 0.3 is 12.9 Å². The summed E-state index contributed by atoms with van der Waals surface area (Å²) in [6.07, 6.45) is -0.0871. The van der Waals surface area contributed by atoms with Crippen LogP contribution in [-0.2, 0) is 9.53 Å². The highest BCUT2D eigenvalue weighted by molar-refractivity contribution is 6.61. The van der Waals surface area contributed by atoms with Crippen LogP contribution in [0.15, 0.2) is 0 Å². The van der Waals surface area contributed by atoms with Gasteiger partial charge in [0, 0.05) is 5.92 Å². The molecule has 1 saturated carbocycles. The molecule has 2 atom stereocenters. The Hall–Kier alpha value is -0.675. The van der Waals surface area contributed by atoms with Gasteiger partial charge in [0.1, 0.15) is 0 Å². The van der Waals surface area contributed by atoms with Crippen LogP contribution in [0.4, 0.5) is 12.9 Å². The van der Waals surface area contributed by atoms with Gasteiger partial charge in [-0.15, -0.1) is 0 Å². The number of hydrogen-bond acceptors (Lipinski definition) is 2. The first-order valence-corrected chi connectivity index (χ1v) is 3.24. The molecule has 0 saturated heterocycles. The first-order chi connectivity index (χ1) is 4.96. The predicted molar refractivity (Wildman–Crippen MR) is 33.0 cm³/mol. The summed E-state index contributed by atoms with van der Waals surface area (Å²) in [7, 11) is 1.10. The van der Waals surface area contributed by atoms with Crippen molar-refractivity contribution in [1.82, 2.24) is 0 Å². The van der Waals surface area contributed by atoms with Crippen LogP contribution in [0, 0.1) is 5.92 Å². The van der Waals surface area contributed by atoms with Crippen LogP contribution in [0.3, 0.4) is 0 Å². The SMILES string of the molecule is COC(=O)[C@@H]1C[C@H]1[B-](F)(F)F. The summed E-state index contributed by atoms with van der Waals surface area (Å²) < 4.78 is 39.7. The summed E-state index contributed by atoms with van der Waals surface area (Å²) >= 11 is 0. The molecule has 0 radical (unpaired) electrons. The topological polar surface area (TPSA) is 26.3 Å². The minimum absolute atomic E-state index is 0.0871. The van der Waals surface area contributed by atoms with Gasteiger partial charge in [-0.3, -0.25) is 4.79 Å². The molecule has 0 heterocycles. The summed E-state index contributed by atoms with van der Waals surface area (Å²) in [5, 5.41) is 0. The lowest BCUT2D eigenvalue weighted by Gasteiger charge is -2.11. The molecule has 11 heavy (non-hydrogen) atoms. The van der Waals surface area contributed by atoms with Crippen molar-refractivity contribution in [3.63, 3.8) is 0 Å². The highest BCUT2D eigenvalue weighted by Crippen LogP contribution is 2.53. The Morgan fingerprint density at radius 1 is 1.55 bits per heavy atom. The molecule has 0 amide bonds. The maximum Gasteiger partial charge on any atom is 0.482 e. The number of carbonyl (C=O) groups excluding carboxylic acids is 1. The third-order valence-electron chi connectivity index (χ3n) is 1.83. The van der Waals surface area contributed by atoms with E-state index in [1.807, 2.05) is 0 Å². The van der Waals surface area contributed by atoms with Crippen LogP contribution >= 0.6 is 0 Å². The zero-order chi connectivity index (χ0) is 8.65. The molecule has 1 rings (SSSR count). The Kier molecular flexibility index (Phi) is 1.86. The molecule has 0 unspecified atom stereocenters. The molecule has 0 aliphatic heterocycles. The smallest absolute Gasteiger partial charge is 0.469 e. The lowest BCUT2D eigenvalue weighted by atomic mass is 9.82. The van der Waals surface area contributed by atoms with Crippen LogP contribution in [0.2, 0.25) is 5.82 Å². The van der Waals surface area contributed by atoms with E-state index in [2.05, 4.69) is 4.74 Å². The molecule has 1 fully saturated rings. The second kappa shape index (κ2) is 2.42. The number of hydrogen-bond donors (Lipinski definition) is 0. The van der Waals surface area contributed by atoms with Crippen LogP contribution in [0.5, 0.6) is 0 Å². The number of ether oxygens (including phenoxy) is 1. The maximum absolute atomic E-state index is 11.8. The van der Waals surface area contributed by atoms with Gasteiger partial charge < -0.3 is 17.7 Å². The quantitative estimate of drug-likeness (QED) is 0.458. The average molecular weight is 167 g/mol. The minimum atomic E-state index is -4.84. The van der Waals surface area contributed by atoms with Crippen LogP contribution in [-0.4, -0.2) is 20.1 Å². The zero-order valence-corrected chi connectivity index (χ0v) is 5.89. The molecular weight excluding hydrogens is 160 g/mol. The van der Waals surface area contributed by atoms with E-state index in [4.69, 9.17) is 0 Å². The van der Waals surface area contributed by atoms with Crippen molar-refractivity contribution in [2.24, 2.45) is 5.92 Å². The lowest BCUT2D eigenvalue weighted by molar-refractivity contribution is -0.142. The normalized spacial score (nSPS) is 29.8. The number of carbonyl (C=O) groups is 1. The van der Waals surface area contributed by atoms with E-state index in [-0.39, 0.29) is 6.42 Å². The number of esters is 1. The van der Waals surface area contributed by atoms with E-state index in [1.54, 1.807) is 0 Å². The fourth-order valence-electron chi connectivity index (χ4n) is 1.05. The van der Waals surface area contributed by atoms with Crippen LogP contribution in [0.25, 0.3) is 0 Å². The van der Waals surface area contributed by atoms with Gasteiger partial charge in [0.05, 0.1) is 7.11 Å². The van der Waals surface area contributed by atoms with Gasteiger partial charge in [-0.05, 0) is 0 Å². The minimum Gasteiger partial charge on any atom is -0.469 e. The molecule has 0 aromatic carbocycles. The third kappa shape index (κ3) is 1.67. The number of halogens is 3. The van der Waals surface area contributed by atoms with Crippen molar-refractivity contribution in [3.8, 4) is 0 Å². The molecule has 0 N–H and O–H groups in total. The predicted octanol–water partition coefficient (Wildman–Crippen LogP) is 1.40. The molecule has 64 valence electrons. The summed E-state index contributed by atoms with van der Waals surface area (Å²) in [4.78, 5) is 10.5. The summed E-state index contributed by atoms with van der Waals surface area (Å²) in [6.45, 7) is -4.84. The molecule has 2 nitrogen and oxygen atoms in total. The fraction of sp³-hybridized carbons (Fsp3) is 0.800. The molecule has 0 spiro atoms. The Balaban J connectivity index is 2.44. The first-order valence-electron chi connectivity index (χ1n) is 3.24.